The van der Waals surface area contributed by atoms with Crippen molar-refractivity contribution in [2.75, 3.05) is 13.1 Å². The molecule has 1 N–H and O–H groups in total. The van der Waals surface area contributed by atoms with Crippen LogP contribution in [0.2, 0.25) is 0 Å². The molecule has 0 bridgehead atoms. The first-order valence-corrected chi connectivity index (χ1v) is 6.93. The molecule has 0 aromatic rings. The van der Waals surface area contributed by atoms with Crippen LogP contribution >= 0.6 is 15.9 Å². The van der Waals surface area contributed by atoms with E-state index in [1.807, 2.05) is 0 Å². The Balaban J connectivity index is 2.95. The van der Waals surface area contributed by atoms with Crippen molar-refractivity contribution in [2.45, 2.75) is 31.6 Å². The van der Waals surface area contributed by atoms with Crippen molar-refractivity contribution in [1.82, 2.24) is 4.31 Å². The van der Waals surface area contributed by atoms with Crippen molar-refractivity contribution >= 4 is 26.0 Å². The van der Waals surface area contributed by atoms with E-state index in [9.17, 15) is 13.5 Å². The van der Waals surface area contributed by atoms with E-state index < -0.39 is 20.9 Å². The van der Waals surface area contributed by atoms with Gasteiger partial charge in [0.25, 0.3) is 0 Å². The van der Waals surface area contributed by atoms with E-state index in [0.29, 0.717) is 11.0 Å². The number of β-amino-alcohol motifs (C(OH)–C–C–N with tert-alkyl or cyclic N) is 1. The zero-order chi connectivity index (χ0) is 11.9. The molecule has 0 amide bonds. The van der Waals surface area contributed by atoms with Crippen LogP contribution in [-0.2, 0) is 10.0 Å². The number of sulfonamides is 1. The van der Waals surface area contributed by atoms with Crippen molar-refractivity contribution < 1.29 is 13.5 Å². The maximum Gasteiger partial charge on any atom is 0.219 e. The van der Waals surface area contributed by atoms with Gasteiger partial charge in [0.15, 0.2) is 0 Å². The molecule has 0 aromatic heterocycles. The van der Waals surface area contributed by atoms with Gasteiger partial charge in [-0.2, -0.15) is 4.31 Å². The van der Waals surface area contributed by atoms with E-state index >= 15 is 0 Å². The molecule has 6 heteroatoms. The molecule has 1 rings (SSSR count). The lowest BCUT2D eigenvalue weighted by atomic mass is 10.2. The van der Waals surface area contributed by atoms with Crippen LogP contribution in [0, 0.1) is 0 Å². The summed E-state index contributed by atoms with van der Waals surface area (Å²) in [4.78, 5) is 0. The molecule has 0 saturated heterocycles. The van der Waals surface area contributed by atoms with Crippen LogP contribution in [0.4, 0.5) is 0 Å². The molecule has 0 radical (unpaired) electrons. The van der Waals surface area contributed by atoms with Gasteiger partial charge >= 0.3 is 0 Å². The summed E-state index contributed by atoms with van der Waals surface area (Å²) in [5.74, 6) is 0. The largest absolute Gasteiger partial charge is 0.386 e. The molecule has 0 aliphatic carbocycles. The highest BCUT2D eigenvalue weighted by Gasteiger charge is 2.37. The Morgan fingerprint density at radius 3 is 2.47 bits per heavy atom. The van der Waals surface area contributed by atoms with Crippen LogP contribution in [0.3, 0.4) is 0 Å². The van der Waals surface area contributed by atoms with Crippen molar-refractivity contribution in [2.24, 2.45) is 0 Å². The summed E-state index contributed by atoms with van der Waals surface area (Å²) in [5, 5.41) is 9.56. The molecule has 1 heterocycles. The van der Waals surface area contributed by atoms with Gasteiger partial charge in [-0.05, 0) is 20.8 Å². The molecule has 0 aromatic carbocycles. The molecule has 88 valence electrons. The third kappa shape index (κ3) is 2.61. The van der Waals surface area contributed by atoms with E-state index in [2.05, 4.69) is 15.9 Å². The number of hydrogen-bond donors (Lipinski definition) is 1. The second kappa shape index (κ2) is 4.16. The Morgan fingerprint density at radius 2 is 2.07 bits per heavy atom. The van der Waals surface area contributed by atoms with Gasteiger partial charge in [0.2, 0.25) is 10.0 Å². The fourth-order valence-electron chi connectivity index (χ4n) is 1.26. The average Bonchev–Trinajstić information content (AvgIpc) is 2.07. The summed E-state index contributed by atoms with van der Waals surface area (Å²) in [7, 11) is -3.35. The predicted molar refractivity (Wildman–Crippen MR) is 63.3 cm³/mol. The van der Waals surface area contributed by atoms with Crippen molar-refractivity contribution in [1.29, 1.82) is 0 Å². The molecule has 0 unspecified atom stereocenters. The monoisotopic (exact) mass is 297 g/mol. The SMILES string of the molecule is CC(C)(C)S(=O)(=O)N1CC=C(Br)[C@@H](O)C1. The fourth-order valence-corrected chi connectivity index (χ4v) is 2.94. The Bertz CT molecular complexity index is 369. The second-order valence-electron chi connectivity index (χ2n) is 4.54. The van der Waals surface area contributed by atoms with Gasteiger partial charge in [0, 0.05) is 17.6 Å². The van der Waals surface area contributed by atoms with Gasteiger partial charge in [-0.3, -0.25) is 0 Å². The number of hydrogen-bond acceptors (Lipinski definition) is 3. The number of nitrogens with zero attached hydrogens (tertiary/aromatic N) is 1. The van der Waals surface area contributed by atoms with Gasteiger partial charge in [-0.1, -0.05) is 22.0 Å². The maximum absolute atomic E-state index is 12.0. The van der Waals surface area contributed by atoms with E-state index in [4.69, 9.17) is 0 Å². The number of aliphatic hydroxyl groups is 1. The van der Waals surface area contributed by atoms with Crippen molar-refractivity contribution in [3.63, 3.8) is 0 Å². The first kappa shape index (κ1) is 13.2. The average molecular weight is 298 g/mol. The van der Waals surface area contributed by atoms with Crippen LogP contribution in [0.5, 0.6) is 0 Å². The molecule has 4 nitrogen and oxygen atoms in total. The lowest BCUT2D eigenvalue weighted by Gasteiger charge is -2.33. The quantitative estimate of drug-likeness (QED) is 0.788. The van der Waals surface area contributed by atoms with Gasteiger partial charge in [0.05, 0.1) is 10.9 Å². The highest BCUT2D eigenvalue weighted by Crippen LogP contribution is 2.25. The van der Waals surface area contributed by atoms with Crippen LogP contribution < -0.4 is 0 Å². The zero-order valence-electron chi connectivity index (χ0n) is 9.07. The molecule has 1 aliphatic rings. The lowest BCUT2D eigenvalue weighted by molar-refractivity contribution is 0.180. The molecule has 15 heavy (non-hydrogen) atoms. The topological polar surface area (TPSA) is 57.6 Å². The van der Waals surface area contributed by atoms with E-state index in [-0.39, 0.29) is 6.54 Å². The number of aliphatic hydroxyl groups excluding tert-OH is 1. The zero-order valence-corrected chi connectivity index (χ0v) is 11.5. The first-order valence-electron chi connectivity index (χ1n) is 4.69. The van der Waals surface area contributed by atoms with Gasteiger partial charge in [0.1, 0.15) is 0 Å². The Morgan fingerprint density at radius 1 is 1.53 bits per heavy atom. The highest BCUT2D eigenvalue weighted by molar-refractivity contribution is 9.11. The molecule has 0 spiro atoms. The normalized spacial score (nSPS) is 25.1. The third-order valence-electron chi connectivity index (χ3n) is 2.30. The van der Waals surface area contributed by atoms with E-state index in [0.717, 1.165) is 0 Å². The summed E-state index contributed by atoms with van der Waals surface area (Å²) in [6.07, 6.45) is 0.924. The molecule has 1 aliphatic heterocycles. The summed E-state index contributed by atoms with van der Waals surface area (Å²) in [5.41, 5.74) is 0. The van der Waals surface area contributed by atoms with E-state index in [1.54, 1.807) is 26.8 Å². The van der Waals surface area contributed by atoms with Gasteiger partial charge in [-0.15, -0.1) is 0 Å². The van der Waals surface area contributed by atoms with Crippen molar-refractivity contribution in [3.8, 4) is 0 Å². The Hall–Kier alpha value is 0.0900. The van der Waals surface area contributed by atoms with Gasteiger partial charge in [-0.25, -0.2) is 8.42 Å². The van der Waals surface area contributed by atoms with Gasteiger partial charge < -0.3 is 5.11 Å². The molecule has 1 atom stereocenters. The molecular formula is C9H16BrNO3S. The molecule has 0 saturated carbocycles. The van der Waals surface area contributed by atoms with Crippen LogP contribution in [0.25, 0.3) is 0 Å². The minimum absolute atomic E-state index is 0.122. The summed E-state index contributed by atoms with van der Waals surface area (Å²) < 4.78 is 25.2. The number of halogens is 1. The Kier molecular flexibility index (Phi) is 3.65. The maximum atomic E-state index is 12.0. The highest BCUT2D eigenvalue weighted by atomic mass is 79.9. The summed E-state index contributed by atoms with van der Waals surface area (Å²) in [6.45, 7) is 5.40. The predicted octanol–water partition coefficient (Wildman–Crippen LogP) is 1.07. The van der Waals surface area contributed by atoms with E-state index in [1.165, 1.54) is 4.31 Å². The van der Waals surface area contributed by atoms with Crippen molar-refractivity contribution in [3.05, 3.63) is 10.6 Å². The second-order valence-corrected chi connectivity index (χ2v) is 8.15. The standard InChI is InChI=1S/C9H16BrNO3S/c1-9(2,3)15(13,14)11-5-4-7(10)8(12)6-11/h4,8,12H,5-6H2,1-3H3/t8-/m0/s1. The number of rotatable bonds is 1. The third-order valence-corrected chi connectivity index (χ3v) is 5.68. The first-order chi connectivity index (χ1) is 6.66. The minimum Gasteiger partial charge on any atom is -0.386 e. The molecular weight excluding hydrogens is 282 g/mol. The summed E-state index contributed by atoms with van der Waals surface area (Å²) in [6, 6.07) is 0. The summed E-state index contributed by atoms with van der Waals surface area (Å²) >= 11 is 3.19. The fraction of sp³-hybridized carbons (Fsp3) is 0.778. The molecule has 0 fully saturated rings. The smallest absolute Gasteiger partial charge is 0.219 e. The van der Waals surface area contributed by atoms with Crippen LogP contribution in [-0.4, -0.2) is 41.8 Å². The van der Waals surface area contributed by atoms with Crippen LogP contribution in [0.15, 0.2) is 10.6 Å². The minimum atomic E-state index is -3.35. The Labute approximate surface area is 99.1 Å². The lowest BCUT2D eigenvalue weighted by Crippen LogP contribution is -2.47. The van der Waals surface area contributed by atoms with Crippen LogP contribution in [0.1, 0.15) is 20.8 Å².